The summed E-state index contributed by atoms with van der Waals surface area (Å²) in [5.74, 6) is -0.469. The smallest absolute Gasteiger partial charge is 0.333 e. The molecule has 1 atom stereocenters. The van der Waals surface area contributed by atoms with E-state index in [9.17, 15) is 4.79 Å². The van der Waals surface area contributed by atoms with Gasteiger partial charge < -0.3 is 18.7 Å². The van der Waals surface area contributed by atoms with Crippen LogP contribution < -0.4 is 0 Å². The standard InChI is InChI=1S/C7H13O5P/c1-6(2)7(8)11-4-5-12-13(9)10-3/h9H,1,4-5H2,2-3H3. The largest absolute Gasteiger partial charge is 0.460 e. The zero-order chi connectivity index (χ0) is 10.3. The molecule has 0 rings (SSSR count). The van der Waals surface area contributed by atoms with Crippen LogP contribution in [0.15, 0.2) is 12.2 Å². The van der Waals surface area contributed by atoms with Gasteiger partial charge in [-0.25, -0.2) is 4.79 Å². The zero-order valence-corrected chi connectivity index (χ0v) is 8.54. The van der Waals surface area contributed by atoms with E-state index in [0.717, 1.165) is 0 Å². The van der Waals surface area contributed by atoms with Crippen LogP contribution >= 0.6 is 8.60 Å². The monoisotopic (exact) mass is 208 g/mol. The van der Waals surface area contributed by atoms with Gasteiger partial charge in [0.1, 0.15) is 6.61 Å². The molecular formula is C7H13O5P. The summed E-state index contributed by atoms with van der Waals surface area (Å²) in [6.07, 6.45) is 0. The lowest BCUT2D eigenvalue weighted by Gasteiger charge is -2.07. The van der Waals surface area contributed by atoms with Gasteiger partial charge in [-0.3, -0.25) is 0 Å². The van der Waals surface area contributed by atoms with E-state index in [-0.39, 0.29) is 13.2 Å². The van der Waals surface area contributed by atoms with Crippen molar-refractivity contribution >= 4 is 14.6 Å². The summed E-state index contributed by atoms with van der Waals surface area (Å²) >= 11 is 0. The van der Waals surface area contributed by atoms with Crippen LogP contribution in [-0.4, -0.2) is 31.2 Å². The first-order valence-electron chi connectivity index (χ1n) is 3.56. The molecule has 0 saturated carbocycles. The maximum Gasteiger partial charge on any atom is 0.333 e. The summed E-state index contributed by atoms with van der Waals surface area (Å²) in [4.78, 5) is 19.6. The molecule has 76 valence electrons. The van der Waals surface area contributed by atoms with Crippen molar-refractivity contribution in [2.75, 3.05) is 20.3 Å². The van der Waals surface area contributed by atoms with E-state index in [1.54, 1.807) is 6.92 Å². The molecule has 0 aliphatic heterocycles. The summed E-state index contributed by atoms with van der Waals surface area (Å²) in [6, 6.07) is 0. The van der Waals surface area contributed by atoms with E-state index in [0.29, 0.717) is 5.57 Å². The highest BCUT2D eigenvalue weighted by molar-refractivity contribution is 7.40. The average molecular weight is 208 g/mol. The van der Waals surface area contributed by atoms with Gasteiger partial charge in [-0.15, -0.1) is 0 Å². The average Bonchev–Trinajstić information content (AvgIpc) is 2.11. The highest BCUT2D eigenvalue weighted by Crippen LogP contribution is 2.30. The summed E-state index contributed by atoms with van der Waals surface area (Å²) < 4.78 is 13.8. The van der Waals surface area contributed by atoms with E-state index in [1.165, 1.54) is 7.11 Å². The molecule has 0 amide bonds. The second kappa shape index (κ2) is 6.97. The highest BCUT2D eigenvalue weighted by Gasteiger charge is 2.05. The molecular weight excluding hydrogens is 195 g/mol. The summed E-state index contributed by atoms with van der Waals surface area (Å²) in [6.45, 7) is 5.14. The van der Waals surface area contributed by atoms with Crippen LogP contribution in [0.25, 0.3) is 0 Å². The van der Waals surface area contributed by atoms with Crippen LogP contribution in [0.2, 0.25) is 0 Å². The summed E-state index contributed by atoms with van der Waals surface area (Å²) in [5, 5.41) is 0. The molecule has 0 saturated heterocycles. The Morgan fingerprint density at radius 2 is 2.15 bits per heavy atom. The maximum absolute atomic E-state index is 10.8. The van der Waals surface area contributed by atoms with E-state index in [2.05, 4.69) is 15.8 Å². The number of esters is 1. The second-order valence-electron chi connectivity index (χ2n) is 2.17. The minimum atomic E-state index is -1.84. The molecule has 0 aromatic carbocycles. The van der Waals surface area contributed by atoms with Crippen molar-refractivity contribution in [3.8, 4) is 0 Å². The van der Waals surface area contributed by atoms with Gasteiger partial charge >= 0.3 is 14.6 Å². The van der Waals surface area contributed by atoms with Crippen molar-refractivity contribution in [2.24, 2.45) is 0 Å². The number of hydrogen-bond donors (Lipinski definition) is 1. The summed E-state index contributed by atoms with van der Waals surface area (Å²) in [5.41, 5.74) is 0.331. The Balaban J connectivity index is 3.36. The fraction of sp³-hybridized carbons (Fsp3) is 0.571. The molecule has 5 nitrogen and oxygen atoms in total. The molecule has 6 heteroatoms. The van der Waals surface area contributed by atoms with Crippen molar-refractivity contribution in [3.63, 3.8) is 0 Å². The molecule has 1 N–H and O–H groups in total. The van der Waals surface area contributed by atoms with Gasteiger partial charge in [-0.05, 0) is 6.92 Å². The third-order valence-corrected chi connectivity index (χ3v) is 1.74. The van der Waals surface area contributed by atoms with Crippen LogP contribution in [0.4, 0.5) is 0 Å². The van der Waals surface area contributed by atoms with Crippen LogP contribution in [-0.2, 0) is 18.6 Å². The number of rotatable bonds is 6. The number of carbonyl (C=O) groups is 1. The molecule has 0 aliphatic carbocycles. The lowest BCUT2D eigenvalue weighted by Crippen LogP contribution is -2.09. The van der Waals surface area contributed by atoms with Crippen LogP contribution in [0.5, 0.6) is 0 Å². The third kappa shape index (κ3) is 6.66. The summed E-state index contributed by atoms with van der Waals surface area (Å²) in [7, 11) is -0.513. The second-order valence-corrected chi connectivity index (χ2v) is 3.27. The van der Waals surface area contributed by atoms with Crippen molar-refractivity contribution in [3.05, 3.63) is 12.2 Å². The molecule has 0 aromatic rings. The predicted octanol–water partition coefficient (Wildman–Crippen LogP) is 0.988. The van der Waals surface area contributed by atoms with Crippen LogP contribution in [0.3, 0.4) is 0 Å². The molecule has 0 bridgehead atoms. The van der Waals surface area contributed by atoms with E-state index in [4.69, 9.17) is 9.42 Å². The SMILES string of the molecule is C=C(C)C(=O)OCCOP(O)OC. The number of ether oxygens (including phenoxy) is 1. The molecule has 0 aliphatic rings. The van der Waals surface area contributed by atoms with Gasteiger partial charge in [0, 0.05) is 12.7 Å². The van der Waals surface area contributed by atoms with Gasteiger partial charge in [0.2, 0.25) is 0 Å². The Kier molecular flexibility index (Phi) is 6.72. The van der Waals surface area contributed by atoms with Gasteiger partial charge in [-0.1, -0.05) is 6.58 Å². The predicted molar refractivity (Wildman–Crippen MR) is 47.9 cm³/mol. The zero-order valence-electron chi connectivity index (χ0n) is 7.65. The Morgan fingerprint density at radius 3 is 2.62 bits per heavy atom. The van der Waals surface area contributed by atoms with E-state index < -0.39 is 14.6 Å². The fourth-order valence-electron chi connectivity index (χ4n) is 0.426. The first kappa shape index (κ1) is 12.5. The molecule has 0 fully saturated rings. The van der Waals surface area contributed by atoms with Gasteiger partial charge in [0.05, 0.1) is 6.61 Å². The third-order valence-electron chi connectivity index (χ3n) is 1.02. The molecule has 0 radical (unpaired) electrons. The number of hydrogen-bond acceptors (Lipinski definition) is 5. The molecule has 13 heavy (non-hydrogen) atoms. The normalized spacial score (nSPS) is 12.2. The number of carbonyl (C=O) groups excluding carboxylic acids is 1. The first-order valence-corrected chi connectivity index (χ1v) is 4.69. The Bertz CT molecular complexity index is 182. The van der Waals surface area contributed by atoms with Crippen molar-refractivity contribution in [2.45, 2.75) is 6.92 Å². The topological polar surface area (TPSA) is 65.0 Å². The lowest BCUT2D eigenvalue weighted by atomic mass is 10.4. The van der Waals surface area contributed by atoms with Gasteiger partial charge in [0.25, 0.3) is 0 Å². The maximum atomic E-state index is 10.8. The van der Waals surface area contributed by atoms with E-state index >= 15 is 0 Å². The van der Waals surface area contributed by atoms with Crippen molar-refractivity contribution in [1.82, 2.24) is 0 Å². The Labute approximate surface area is 78.3 Å². The minimum absolute atomic E-state index is 0.0778. The van der Waals surface area contributed by atoms with Crippen LogP contribution in [0.1, 0.15) is 6.92 Å². The van der Waals surface area contributed by atoms with E-state index in [1.807, 2.05) is 0 Å². The van der Waals surface area contributed by atoms with Gasteiger partial charge in [-0.2, -0.15) is 0 Å². The molecule has 0 heterocycles. The van der Waals surface area contributed by atoms with Gasteiger partial charge in [0.15, 0.2) is 0 Å². The first-order chi connectivity index (χ1) is 6.07. The Morgan fingerprint density at radius 1 is 1.54 bits per heavy atom. The minimum Gasteiger partial charge on any atom is -0.460 e. The highest BCUT2D eigenvalue weighted by atomic mass is 31.2. The van der Waals surface area contributed by atoms with Crippen molar-refractivity contribution in [1.29, 1.82) is 0 Å². The lowest BCUT2D eigenvalue weighted by molar-refractivity contribution is -0.139. The van der Waals surface area contributed by atoms with Crippen molar-refractivity contribution < 1.29 is 23.5 Å². The van der Waals surface area contributed by atoms with Crippen LogP contribution in [0, 0.1) is 0 Å². The molecule has 0 spiro atoms. The molecule has 1 unspecified atom stereocenters. The fourth-order valence-corrected chi connectivity index (χ4v) is 0.762. The Hall–Kier alpha value is -0.480. The quantitative estimate of drug-likeness (QED) is 0.305. The molecule has 0 aromatic heterocycles.